The van der Waals surface area contributed by atoms with E-state index in [1.165, 1.54) is 43.8 Å². The first-order valence-electron chi connectivity index (χ1n) is 13.7. The van der Waals surface area contributed by atoms with E-state index in [2.05, 4.69) is 45.4 Å². The normalized spacial score (nSPS) is 19.0. The molecule has 1 aliphatic carbocycles. The molecule has 0 saturated heterocycles. The molecule has 2 aliphatic rings. The van der Waals surface area contributed by atoms with Gasteiger partial charge in [-0.15, -0.1) is 0 Å². The number of nitrogens with zero attached hydrogens (tertiary/aromatic N) is 2. The number of imidazole rings is 1. The number of benzene rings is 2. The van der Waals surface area contributed by atoms with Crippen molar-refractivity contribution < 1.29 is 36.2 Å². The van der Waals surface area contributed by atoms with Crippen molar-refractivity contribution in [2.45, 2.75) is 61.8 Å². The molecular formula is C29H35F3N4O5S. The van der Waals surface area contributed by atoms with Crippen LogP contribution in [0.25, 0.3) is 0 Å². The number of ether oxygens (including phenoxy) is 1. The molecule has 9 nitrogen and oxygen atoms in total. The van der Waals surface area contributed by atoms with Gasteiger partial charge in [0.15, 0.2) is 5.03 Å². The predicted octanol–water partition coefficient (Wildman–Crippen LogP) is 4.40. The van der Waals surface area contributed by atoms with Gasteiger partial charge in [0.2, 0.25) is 0 Å². The second kappa shape index (κ2) is 13.7. The average Bonchev–Trinajstić information content (AvgIpc) is 3.64. The highest BCUT2D eigenvalue weighted by atomic mass is 32.2. The Kier molecular flexibility index (Phi) is 10.3. The van der Waals surface area contributed by atoms with Crippen LogP contribution in [0.2, 0.25) is 0 Å². The number of nitrogens with one attached hydrogen (secondary N) is 2. The van der Waals surface area contributed by atoms with Crippen LogP contribution in [0, 0.1) is 5.92 Å². The lowest BCUT2D eigenvalue weighted by Gasteiger charge is -2.35. The number of aromatic nitrogens is 2. The Hall–Kier alpha value is -3.42. The molecule has 228 valence electrons. The van der Waals surface area contributed by atoms with Gasteiger partial charge in [-0.05, 0) is 54.5 Å². The maximum Gasteiger partial charge on any atom is 0.490 e. The van der Waals surface area contributed by atoms with E-state index in [-0.39, 0.29) is 23.5 Å². The zero-order valence-corrected chi connectivity index (χ0v) is 24.0. The fourth-order valence-electron chi connectivity index (χ4n) is 5.28. The number of hydrogen-bond donors (Lipinski definition) is 3. The van der Waals surface area contributed by atoms with Crippen LogP contribution in [0.4, 0.5) is 13.2 Å². The van der Waals surface area contributed by atoms with Gasteiger partial charge in [0.1, 0.15) is 12.4 Å². The van der Waals surface area contributed by atoms with Gasteiger partial charge in [-0.1, -0.05) is 55.3 Å². The summed E-state index contributed by atoms with van der Waals surface area (Å²) in [5.41, 5.74) is 3.33. The Morgan fingerprint density at radius 1 is 1.12 bits per heavy atom. The number of halogens is 3. The number of carboxylic acids is 1. The van der Waals surface area contributed by atoms with E-state index in [0.29, 0.717) is 6.61 Å². The van der Waals surface area contributed by atoms with Crippen LogP contribution in [0.1, 0.15) is 48.3 Å². The van der Waals surface area contributed by atoms with Gasteiger partial charge in [0.25, 0.3) is 10.0 Å². The standard InChI is InChI=1S/C27H34N4O3S.C2HF3O2/c1-31-17-27(29-19-31)35(32,33)30-16-22-11-12-26-24(14-22)23(13-20-7-3-2-4-8-20)25(18-34-26)28-15-21-9-5-6-10-21;3-2(4,5)1(6)7/h2-4,7-8,11-12,14,17,19,21,23,25,28,30H,5-6,9-10,13,15-16,18H2,1H3;(H,6,7). The third kappa shape index (κ3) is 8.55. The topological polar surface area (TPSA) is 123 Å². The molecule has 0 spiro atoms. The summed E-state index contributed by atoms with van der Waals surface area (Å²) in [6, 6.07) is 16.8. The number of carbonyl (C=O) groups is 1. The average molecular weight is 609 g/mol. The molecule has 1 aromatic heterocycles. The molecule has 42 heavy (non-hydrogen) atoms. The molecule has 1 fully saturated rings. The Morgan fingerprint density at radius 2 is 1.81 bits per heavy atom. The number of aliphatic carboxylic acids is 1. The molecule has 3 aromatic rings. The van der Waals surface area contributed by atoms with Gasteiger partial charge in [0.05, 0.1) is 6.33 Å². The van der Waals surface area contributed by atoms with Crippen molar-refractivity contribution in [2.75, 3.05) is 13.2 Å². The first-order chi connectivity index (χ1) is 19.9. The van der Waals surface area contributed by atoms with Gasteiger partial charge in [0, 0.05) is 31.7 Å². The minimum atomic E-state index is -5.08. The van der Waals surface area contributed by atoms with Crippen LogP contribution < -0.4 is 14.8 Å². The summed E-state index contributed by atoms with van der Waals surface area (Å²) in [6.07, 6.45) is 4.09. The molecular weight excluding hydrogens is 573 g/mol. The first kappa shape index (κ1) is 31.5. The summed E-state index contributed by atoms with van der Waals surface area (Å²) in [4.78, 5) is 12.9. The minimum absolute atomic E-state index is 0.0272. The summed E-state index contributed by atoms with van der Waals surface area (Å²) in [7, 11) is -1.93. The molecule has 3 N–H and O–H groups in total. The maximum atomic E-state index is 12.7. The first-order valence-corrected chi connectivity index (χ1v) is 15.2. The highest BCUT2D eigenvalue weighted by Gasteiger charge is 2.38. The van der Waals surface area contributed by atoms with E-state index >= 15 is 0 Å². The summed E-state index contributed by atoms with van der Waals surface area (Å²) >= 11 is 0. The van der Waals surface area contributed by atoms with Crippen LogP contribution in [0.3, 0.4) is 0 Å². The quantitative estimate of drug-likeness (QED) is 0.329. The molecule has 2 unspecified atom stereocenters. The van der Waals surface area contributed by atoms with E-state index in [4.69, 9.17) is 14.6 Å². The van der Waals surface area contributed by atoms with Gasteiger partial charge in [-0.2, -0.15) is 13.2 Å². The molecule has 5 rings (SSSR count). The van der Waals surface area contributed by atoms with Crippen molar-refractivity contribution in [3.8, 4) is 5.75 Å². The third-order valence-electron chi connectivity index (χ3n) is 7.48. The van der Waals surface area contributed by atoms with Crippen molar-refractivity contribution in [3.05, 3.63) is 77.7 Å². The van der Waals surface area contributed by atoms with E-state index in [1.54, 1.807) is 11.6 Å². The summed E-state index contributed by atoms with van der Waals surface area (Å²) in [6.45, 7) is 1.87. The fraction of sp³-hybridized carbons (Fsp3) is 0.448. The third-order valence-corrected chi connectivity index (χ3v) is 8.77. The molecule has 2 heterocycles. The SMILES string of the molecule is Cn1cnc(S(=O)(=O)NCc2ccc3c(c2)C(Cc2ccccc2)C(NCC2CCCC2)CO3)c1.O=C(O)C(F)(F)F. The van der Waals surface area contributed by atoms with E-state index in [1.807, 2.05) is 18.2 Å². The highest BCUT2D eigenvalue weighted by molar-refractivity contribution is 7.89. The minimum Gasteiger partial charge on any atom is -0.492 e. The van der Waals surface area contributed by atoms with Gasteiger partial charge in [-0.3, -0.25) is 0 Å². The monoisotopic (exact) mass is 608 g/mol. The van der Waals surface area contributed by atoms with Crippen molar-refractivity contribution in [1.82, 2.24) is 19.6 Å². The summed E-state index contributed by atoms with van der Waals surface area (Å²) in [5, 5.41) is 11.0. The lowest BCUT2D eigenvalue weighted by molar-refractivity contribution is -0.192. The Balaban J connectivity index is 0.000000517. The van der Waals surface area contributed by atoms with Gasteiger partial charge >= 0.3 is 12.1 Å². The second-order valence-corrected chi connectivity index (χ2v) is 12.4. The molecule has 0 bridgehead atoms. The van der Waals surface area contributed by atoms with Crippen molar-refractivity contribution in [1.29, 1.82) is 0 Å². The number of hydrogen-bond acceptors (Lipinski definition) is 6. The smallest absolute Gasteiger partial charge is 0.490 e. The number of alkyl halides is 3. The van der Waals surface area contributed by atoms with Crippen LogP contribution >= 0.6 is 0 Å². The van der Waals surface area contributed by atoms with E-state index in [0.717, 1.165) is 35.8 Å². The van der Waals surface area contributed by atoms with Crippen LogP contribution in [-0.2, 0) is 34.8 Å². The molecule has 13 heteroatoms. The molecule has 1 saturated carbocycles. The van der Waals surface area contributed by atoms with Gasteiger partial charge in [-0.25, -0.2) is 22.9 Å². The van der Waals surface area contributed by atoms with Crippen molar-refractivity contribution >= 4 is 16.0 Å². The maximum absolute atomic E-state index is 12.7. The lowest BCUT2D eigenvalue weighted by atomic mass is 9.83. The summed E-state index contributed by atoms with van der Waals surface area (Å²) in [5.74, 6) is -0.871. The Labute approximate surface area is 243 Å². The molecule has 0 radical (unpaired) electrons. The fourth-order valence-corrected chi connectivity index (χ4v) is 6.27. The molecule has 1 aliphatic heterocycles. The van der Waals surface area contributed by atoms with Crippen LogP contribution in [0.5, 0.6) is 5.75 Å². The van der Waals surface area contributed by atoms with Gasteiger partial charge < -0.3 is 19.7 Å². The molecule has 2 aromatic carbocycles. The Bertz CT molecular complexity index is 1440. The van der Waals surface area contributed by atoms with E-state index in [9.17, 15) is 21.6 Å². The number of aryl methyl sites for hydroxylation is 1. The zero-order chi connectivity index (χ0) is 30.3. The Morgan fingerprint density at radius 3 is 2.43 bits per heavy atom. The predicted molar refractivity (Wildman–Crippen MR) is 149 cm³/mol. The molecule has 2 atom stereocenters. The second-order valence-electron chi connectivity index (χ2n) is 10.6. The van der Waals surface area contributed by atoms with Crippen LogP contribution in [-0.4, -0.2) is 54.4 Å². The number of sulfonamides is 1. The largest absolute Gasteiger partial charge is 0.492 e. The highest BCUT2D eigenvalue weighted by Crippen LogP contribution is 2.37. The number of rotatable bonds is 9. The summed E-state index contributed by atoms with van der Waals surface area (Å²) < 4.78 is 67.5. The lowest BCUT2D eigenvalue weighted by Crippen LogP contribution is -2.45. The van der Waals surface area contributed by atoms with Crippen molar-refractivity contribution in [3.63, 3.8) is 0 Å². The molecule has 0 amide bonds. The zero-order valence-electron chi connectivity index (χ0n) is 23.2. The van der Waals surface area contributed by atoms with Crippen molar-refractivity contribution in [2.24, 2.45) is 13.0 Å². The number of fused-ring (bicyclic) bond motifs is 1. The van der Waals surface area contributed by atoms with Crippen LogP contribution in [0.15, 0.2) is 66.1 Å². The van der Waals surface area contributed by atoms with E-state index < -0.39 is 22.2 Å². The number of carboxylic acid groups (broad SMARTS) is 1.